The van der Waals surface area contributed by atoms with Gasteiger partial charge in [0, 0.05) is 13.1 Å². The fourth-order valence-electron chi connectivity index (χ4n) is 1.66. The van der Waals surface area contributed by atoms with Crippen LogP contribution in [0, 0.1) is 0 Å². The Hall–Kier alpha value is -0.610. The third kappa shape index (κ3) is 3.64. The molecule has 4 heteroatoms. The number of hydrogen-bond acceptors (Lipinski definition) is 3. The van der Waals surface area contributed by atoms with E-state index in [0.717, 1.165) is 32.4 Å². The number of hydrogen-bond donors (Lipinski definition) is 2. The topological polar surface area (TPSA) is 50.4 Å². The van der Waals surface area contributed by atoms with Crippen molar-refractivity contribution in [3.8, 4) is 0 Å². The third-order valence-corrected chi connectivity index (χ3v) is 2.37. The van der Waals surface area contributed by atoms with Gasteiger partial charge in [-0.2, -0.15) is 0 Å². The van der Waals surface area contributed by atoms with Crippen LogP contribution in [0.5, 0.6) is 0 Å². The summed E-state index contributed by atoms with van der Waals surface area (Å²) < 4.78 is 5.65. The van der Waals surface area contributed by atoms with Gasteiger partial charge in [0.1, 0.15) is 6.10 Å². The Bertz CT molecular complexity index is 185. The smallest absolute Gasteiger partial charge is 0.249 e. The van der Waals surface area contributed by atoms with E-state index in [1.165, 1.54) is 0 Å². The van der Waals surface area contributed by atoms with Crippen LogP contribution in [0.15, 0.2) is 0 Å². The maximum absolute atomic E-state index is 11.5. The van der Waals surface area contributed by atoms with Gasteiger partial charge in [-0.1, -0.05) is 0 Å². The first kappa shape index (κ1) is 11.5. The molecular weight excluding hydrogens is 180 g/mol. The highest BCUT2D eigenvalue weighted by Crippen LogP contribution is 2.10. The van der Waals surface area contributed by atoms with Gasteiger partial charge in [0.25, 0.3) is 0 Å². The summed E-state index contributed by atoms with van der Waals surface area (Å²) in [5, 5.41) is 5.89. The number of likely N-dealkylation sites (N-methyl/N-ethyl adjacent to an activating group) is 1. The molecule has 0 bridgehead atoms. The van der Waals surface area contributed by atoms with E-state index >= 15 is 0 Å². The van der Waals surface area contributed by atoms with E-state index in [9.17, 15) is 4.79 Å². The van der Waals surface area contributed by atoms with Crippen LogP contribution in [-0.2, 0) is 9.53 Å². The summed E-state index contributed by atoms with van der Waals surface area (Å²) in [6, 6.07) is 0. The maximum atomic E-state index is 11.5. The van der Waals surface area contributed by atoms with Crippen molar-refractivity contribution in [1.82, 2.24) is 10.6 Å². The second-order valence-electron chi connectivity index (χ2n) is 3.78. The largest absolute Gasteiger partial charge is 0.364 e. The van der Waals surface area contributed by atoms with Crippen molar-refractivity contribution < 1.29 is 9.53 Å². The van der Waals surface area contributed by atoms with E-state index in [1.807, 2.05) is 14.0 Å². The van der Waals surface area contributed by atoms with Crippen molar-refractivity contribution in [3.63, 3.8) is 0 Å². The molecule has 0 saturated carbocycles. The highest BCUT2D eigenvalue weighted by atomic mass is 16.5. The zero-order valence-corrected chi connectivity index (χ0v) is 9.01. The van der Waals surface area contributed by atoms with Crippen molar-refractivity contribution in [2.24, 2.45) is 0 Å². The van der Waals surface area contributed by atoms with Gasteiger partial charge in [0.2, 0.25) is 5.91 Å². The summed E-state index contributed by atoms with van der Waals surface area (Å²) in [5.41, 5.74) is 0. The van der Waals surface area contributed by atoms with Crippen LogP contribution in [-0.4, -0.2) is 38.3 Å². The molecule has 0 aromatic heterocycles. The molecule has 2 N–H and O–H groups in total. The fraction of sp³-hybridized carbons (Fsp3) is 0.900. The first-order valence-electron chi connectivity index (χ1n) is 5.32. The van der Waals surface area contributed by atoms with Gasteiger partial charge in [0.05, 0.1) is 6.10 Å². The molecule has 0 spiro atoms. The van der Waals surface area contributed by atoms with Gasteiger partial charge in [-0.25, -0.2) is 0 Å². The standard InChI is InChI=1S/C10H20N2O2/c1-8(7-11-2)14-9-5-3-4-6-12-10(9)13/h8-9,11H,3-7H2,1-2H3,(H,12,13). The quantitative estimate of drug-likeness (QED) is 0.685. The molecule has 1 amide bonds. The van der Waals surface area contributed by atoms with E-state index in [-0.39, 0.29) is 18.1 Å². The van der Waals surface area contributed by atoms with E-state index in [1.54, 1.807) is 0 Å². The lowest BCUT2D eigenvalue weighted by Crippen LogP contribution is -2.38. The average molecular weight is 200 g/mol. The van der Waals surface area contributed by atoms with Gasteiger partial charge >= 0.3 is 0 Å². The van der Waals surface area contributed by atoms with E-state index in [2.05, 4.69) is 10.6 Å². The number of rotatable bonds is 4. The predicted octanol–water partition coefficient (Wildman–Crippen LogP) is 0.280. The van der Waals surface area contributed by atoms with Crippen molar-refractivity contribution in [3.05, 3.63) is 0 Å². The van der Waals surface area contributed by atoms with Gasteiger partial charge in [0.15, 0.2) is 0 Å². The minimum Gasteiger partial charge on any atom is -0.364 e. The lowest BCUT2D eigenvalue weighted by atomic mass is 10.2. The van der Waals surface area contributed by atoms with Crippen LogP contribution < -0.4 is 10.6 Å². The molecule has 1 fully saturated rings. The molecule has 2 atom stereocenters. The van der Waals surface area contributed by atoms with Crippen LogP contribution in [0.1, 0.15) is 26.2 Å². The van der Waals surface area contributed by atoms with Crippen LogP contribution in [0.2, 0.25) is 0 Å². The van der Waals surface area contributed by atoms with Gasteiger partial charge in [-0.05, 0) is 33.2 Å². The average Bonchev–Trinajstić information content (AvgIpc) is 2.33. The molecular formula is C10H20N2O2. The first-order chi connectivity index (χ1) is 6.74. The number of carbonyl (C=O) groups is 1. The summed E-state index contributed by atoms with van der Waals surface area (Å²) in [7, 11) is 1.88. The second-order valence-corrected chi connectivity index (χ2v) is 3.78. The summed E-state index contributed by atoms with van der Waals surface area (Å²) in [4.78, 5) is 11.5. The second kappa shape index (κ2) is 5.98. The molecule has 0 aromatic carbocycles. The summed E-state index contributed by atoms with van der Waals surface area (Å²) in [6.07, 6.45) is 2.82. The third-order valence-electron chi connectivity index (χ3n) is 2.37. The Kier molecular flexibility index (Phi) is 4.90. The van der Waals surface area contributed by atoms with Gasteiger partial charge in [-0.3, -0.25) is 4.79 Å². The Morgan fingerprint density at radius 3 is 3.14 bits per heavy atom. The molecule has 1 aliphatic heterocycles. The van der Waals surface area contributed by atoms with E-state index < -0.39 is 0 Å². The zero-order valence-electron chi connectivity index (χ0n) is 9.01. The number of amides is 1. The Balaban J connectivity index is 2.36. The van der Waals surface area contributed by atoms with Crippen molar-refractivity contribution in [2.75, 3.05) is 20.1 Å². The first-order valence-corrected chi connectivity index (χ1v) is 5.32. The van der Waals surface area contributed by atoms with E-state index in [0.29, 0.717) is 0 Å². The number of nitrogens with one attached hydrogen (secondary N) is 2. The van der Waals surface area contributed by atoms with E-state index in [4.69, 9.17) is 4.74 Å². The molecule has 1 saturated heterocycles. The Morgan fingerprint density at radius 1 is 1.64 bits per heavy atom. The van der Waals surface area contributed by atoms with Crippen molar-refractivity contribution in [2.45, 2.75) is 38.4 Å². The van der Waals surface area contributed by atoms with Crippen LogP contribution in [0.3, 0.4) is 0 Å². The Morgan fingerprint density at radius 2 is 2.43 bits per heavy atom. The van der Waals surface area contributed by atoms with Crippen LogP contribution in [0.25, 0.3) is 0 Å². The normalized spacial score (nSPS) is 25.3. The SMILES string of the molecule is CNCC(C)OC1CCCCNC1=O. The van der Waals surface area contributed by atoms with Crippen molar-refractivity contribution in [1.29, 1.82) is 0 Å². The van der Waals surface area contributed by atoms with Crippen molar-refractivity contribution >= 4 is 5.91 Å². The molecule has 4 nitrogen and oxygen atoms in total. The lowest BCUT2D eigenvalue weighted by Gasteiger charge is -2.19. The fourth-order valence-corrected chi connectivity index (χ4v) is 1.66. The molecule has 0 aliphatic carbocycles. The van der Waals surface area contributed by atoms with Gasteiger partial charge < -0.3 is 15.4 Å². The molecule has 1 heterocycles. The predicted molar refractivity (Wildman–Crippen MR) is 55.1 cm³/mol. The number of carbonyl (C=O) groups excluding carboxylic acids is 1. The van der Waals surface area contributed by atoms with Gasteiger partial charge in [-0.15, -0.1) is 0 Å². The monoisotopic (exact) mass is 200 g/mol. The molecule has 1 aliphatic rings. The summed E-state index contributed by atoms with van der Waals surface area (Å²) in [5.74, 6) is 0.0467. The number of ether oxygens (including phenoxy) is 1. The van der Waals surface area contributed by atoms with Crippen LogP contribution in [0.4, 0.5) is 0 Å². The minimum absolute atomic E-state index is 0.0467. The molecule has 2 unspecified atom stereocenters. The van der Waals surface area contributed by atoms with Crippen LogP contribution >= 0.6 is 0 Å². The molecule has 82 valence electrons. The highest BCUT2D eigenvalue weighted by molar-refractivity contribution is 5.80. The molecule has 0 radical (unpaired) electrons. The minimum atomic E-state index is -0.249. The summed E-state index contributed by atoms with van der Waals surface area (Å²) in [6.45, 7) is 3.55. The molecule has 1 rings (SSSR count). The Labute approximate surface area is 85.4 Å². The maximum Gasteiger partial charge on any atom is 0.249 e. The summed E-state index contributed by atoms with van der Waals surface area (Å²) >= 11 is 0. The molecule has 0 aromatic rings. The molecule has 14 heavy (non-hydrogen) atoms. The lowest BCUT2D eigenvalue weighted by molar-refractivity contribution is -0.135. The highest BCUT2D eigenvalue weighted by Gasteiger charge is 2.22. The zero-order chi connectivity index (χ0) is 10.4.